The largest absolute Gasteiger partial charge is 0.497 e. The van der Waals surface area contributed by atoms with Gasteiger partial charge in [-0.1, -0.05) is 6.07 Å². The molecule has 0 aliphatic carbocycles. The first kappa shape index (κ1) is 14.7. The number of methoxy groups -OCH3 is 1. The molecule has 0 saturated heterocycles. The van der Waals surface area contributed by atoms with Crippen molar-refractivity contribution in [2.24, 2.45) is 0 Å². The predicted molar refractivity (Wildman–Crippen MR) is 101 cm³/mol. The summed E-state index contributed by atoms with van der Waals surface area (Å²) in [6, 6.07) is 14.7. The Balaban J connectivity index is 1.71. The highest BCUT2D eigenvalue weighted by Crippen LogP contribution is 2.39. The second-order valence-electron chi connectivity index (χ2n) is 6.26. The number of benzene rings is 2. The molecular weight excluding hydrogens is 330 g/mol. The molecule has 2 aromatic heterocycles. The molecule has 5 rings (SSSR count). The van der Waals surface area contributed by atoms with Crippen LogP contribution in [-0.4, -0.2) is 21.9 Å². The fourth-order valence-electron chi connectivity index (χ4n) is 3.60. The van der Waals surface area contributed by atoms with Crippen LogP contribution in [0.15, 0.2) is 48.0 Å². The van der Waals surface area contributed by atoms with Crippen LogP contribution in [0.2, 0.25) is 0 Å². The molecule has 0 saturated carbocycles. The first-order valence-electron chi connectivity index (χ1n) is 8.41. The first-order valence-corrected chi connectivity index (χ1v) is 9.29. The van der Waals surface area contributed by atoms with E-state index in [4.69, 9.17) is 9.84 Å². The van der Waals surface area contributed by atoms with Gasteiger partial charge >= 0.3 is 0 Å². The Labute approximate surface area is 149 Å². The van der Waals surface area contributed by atoms with Crippen LogP contribution in [0, 0.1) is 0 Å². The molecular formula is C20H17N3OS. The Morgan fingerprint density at radius 2 is 1.92 bits per heavy atom. The first-order chi connectivity index (χ1) is 12.3. The number of fused-ring (bicyclic) bond motifs is 2. The van der Waals surface area contributed by atoms with E-state index in [-0.39, 0.29) is 0 Å². The summed E-state index contributed by atoms with van der Waals surface area (Å²) in [7, 11) is 1.69. The summed E-state index contributed by atoms with van der Waals surface area (Å²) < 4.78 is 8.68. The lowest BCUT2D eigenvalue weighted by Gasteiger charge is -2.07. The summed E-state index contributed by atoms with van der Waals surface area (Å²) >= 11 is 1.68. The average molecular weight is 347 g/mol. The number of aromatic nitrogens is 3. The SMILES string of the molecule is COc1ccc(-c2nn3c(c2-c2ccc4ncsc4c2)CCC3)cc1. The van der Waals surface area contributed by atoms with Gasteiger partial charge in [0.2, 0.25) is 0 Å². The maximum atomic E-state index is 5.29. The minimum absolute atomic E-state index is 0.864. The van der Waals surface area contributed by atoms with Crippen molar-refractivity contribution in [1.82, 2.24) is 14.8 Å². The van der Waals surface area contributed by atoms with Gasteiger partial charge in [-0.2, -0.15) is 5.10 Å². The van der Waals surface area contributed by atoms with Gasteiger partial charge in [0, 0.05) is 23.4 Å². The number of aryl methyl sites for hydroxylation is 1. The van der Waals surface area contributed by atoms with Crippen molar-refractivity contribution in [3.63, 3.8) is 0 Å². The molecule has 25 heavy (non-hydrogen) atoms. The zero-order valence-electron chi connectivity index (χ0n) is 13.9. The normalized spacial score (nSPS) is 13.3. The lowest BCUT2D eigenvalue weighted by molar-refractivity contribution is 0.415. The number of rotatable bonds is 3. The average Bonchev–Trinajstić information content (AvgIpc) is 3.36. The molecule has 3 heterocycles. The zero-order valence-corrected chi connectivity index (χ0v) is 14.7. The van der Waals surface area contributed by atoms with Crippen molar-refractivity contribution >= 4 is 21.6 Å². The molecule has 4 nitrogen and oxygen atoms in total. The third-order valence-electron chi connectivity index (χ3n) is 4.82. The van der Waals surface area contributed by atoms with Gasteiger partial charge in [-0.15, -0.1) is 11.3 Å². The monoisotopic (exact) mass is 347 g/mol. The quantitative estimate of drug-likeness (QED) is 0.535. The Bertz CT molecular complexity index is 1060. The van der Waals surface area contributed by atoms with E-state index in [1.54, 1.807) is 18.4 Å². The van der Waals surface area contributed by atoms with E-state index >= 15 is 0 Å². The van der Waals surface area contributed by atoms with Crippen LogP contribution in [0.25, 0.3) is 32.6 Å². The van der Waals surface area contributed by atoms with Crippen molar-refractivity contribution < 1.29 is 4.74 Å². The lowest BCUT2D eigenvalue weighted by Crippen LogP contribution is -1.94. The fourth-order valence-corrected chi connectivity index (χ4v) is 4.31. The predicted octanol–water partition coefficient (Wildman–Crippen LogP) is 4.78. The number of ether oxygens (including phenoxy) is 1. The third kappa shape index (κ3) is 2.35. The minimum Gasteiger partial charge on any atom is -0.497 e. The highest BCUT2D eigenvalue weighted by atomic mass is 32.1. The second kappa shape index (κ2) is 5.70. The molecule has 0 N–H and O–H groups in total. The van der Waals surface area contributed by atoms with Gasteiger partial charge in [0.1, 0.15) is 11.4 Å². The molecule has 2 aromatic carbocycles. The van der Waals surface area contributed by atoms with Gasteiger partial charge in [0.25, 0.3) is 0 Å². The van der Waals surface area contributed by atoms with E-state index in [1.807, 2.05) is 17.6 Å². The van der Waals surface area contributed by atoms with E-state index < -0.39 is 0 Å². The van der Waals surface area contributed by atoms with Gasteiger partial charge < -0.3 is 4.74 Å². The van der Waals surface area contributed by atoms with Gasteiger partial charge in [0.15, 0.2) is 0 Å². The molecule has 0 atom stereocenters. The van der Waals surface area contributed by atoms with Gasteiger partial charge in [-0.25, -0.2) is 4.98 Å². The fraction of sp³-hybridized carbons (Fsp3) is 0.200. The summed E-state index contributed by atoms with van der Waals surface area (Å²) in [5.41, 5.74) is 8.98. The number of thiazole rings is 1. The van der Waals surface area contributed by atoms with E-state index in [0.29, 0.717) is 0 Å². The van der Waals surface area contributed by atoms with Crippen LogP contribution in [0.1, 0.15) is 12.1 Å². The summed E-state index contributed by atoms with van der Waals surface area (Å²) in [5.74, 6) is 0.864. The molecule has 5 heteroatoms. The second-order valence-corrected chi connectivity index (χ2v) is 7.15. The van der Waals surface area contributed by atoms with Gasteiger partial charge in [-0.3, -0.25) is 4.68 Å². The van der Waals surface area contributed by atoms with Crippen LogP contribution in [0.3, 0.4) is 0 Å². The standard InChI is InChI=1S/C20H17N3OS/c1-24-15-7-4-13(5-8-15)20-19(17-3-2-10-23(17)22-20)14-6-9-16-18(11-14)25-12-21-16/h4-9,11-12H,2-3,10H2,1H3. The lowest BCUT2D eigenvalue weighted by atomic mass is 9.97. The maximum absolute atomic E-state index is 5.29. The van der Waals surface area contributed by atoms with Crippen molar-refractivity contribution in [1.29, 1.82) is 0 Å². The molecule has 0 unspecified atom stereocenters. The number of nitrogens with zero attached hydrogens (tertiary/aromatic N) is 3. The maximum Gasteiger partial charge on any atom is 0.118 e. The highest BCUT2D eigenvalue weighted by Gasteiger charge is 2.24. The number of hydrogen-bond acceptors (Lipinski definition) is 4. The van der Waals surface area contributed by atoms with E-state index in [1.165, 1.54) is 27.9 Å². The Morgan fingerprint density at radius 3 is 2.76 bits per heavy atom. The molecule has 1 aliphatic heterocycles. The van der Waals surface area contributed by atoms with Crippen LogP contribution in [0.4, 0.5) is 0 Å². The van der Waals surface area contributed by atoms with E-state index in [9.17, 15) is 0 Å². The molecule has 0 spiro atoms. The topological polar surface area (TPSA) is 39.9 Å². The summed E-state index contributed by atoms with van der Waals surface area (Å²) in [4.78, 5) is 4.40. The van der Waals surface area contributed by atoms with Crippen LogP contribution in [0.5, 0.6) is 5.75 Å². The van der Waals surface area contributed by atoms with Crippen LogP contribution in [-0.2, 0) is 13.0 Å². The van der Waals surface area contributed by atoms with E-state index in [0.717, 1.165) is 35.5 Å². The molecule has 0 radical (unpaired) electrons. The van der Waals surface area contributed by atoms with E-state index in [2.05, 4.69) is 40.0 Å². The van der Waals surface area contributed by atoms with Gasteiger partial charge in [-0.05, 0) is 54.8 Å². The Morgan fingerprint density at radius 1 is 1.08 bits per heavy atom. The summed E-state index contributed by atoms with van der Waals surface area (Å²) in [6.07, 6.45) is 2.25. The molecule has 4 aromatic rings. The van der Waals surface area contributed by atoms with Crippen molar-refractivity contribution in [2.45, 2.75) is 19.4 Å². The highest BCUT2D eigenvalue weighted by molar-refractivity contribution is 7.16. The number of hydrogen-bond donors (Lipinski definition) is 0. The third-order valence-corrected chi connectivity index (χ3v) is 5.62. The van der Waals surface area contributed by atoms with Crippen molar-refractivity contribution in [3.8, 4) is 28.1 Å². The van der Waals surface area contributed by atoms with Crippen molar-refractivity contribution in [3.05, 3.63) is 53.7 Å². The molecule has 0 bridgehead atoms. The molecule has 1 aliphatic rings. The summed E-state index contributed by atoms with van der Waals surface area (Å²) in [6.45, 7) is 1.00. The summed E-state index contributed by atoms with van der Waals surface area (Å²) in [5, 5.41) is 4.92. The Kier molecular flexibility index (Phi) is 3.35. The smallest absolute Gasteiger partial charge is 0.118 e. The molecule has 0 fully saturated rings. The minimum atomic E-state index is 0.864. The van der Waals surface area contributed by atoms with Crippen molar-refractivity contribution in [2.75, 3.05) is 7.11 Å². The Hall–Kier alpha value is -2.66. The van der Waals surface area contributed by atoms with Gasteiger partial charge in [0.05, 0.1) is 22.8 Å². The van der Waals surface area contributed by atoms with Crippen LogP contribution < -0.4 is 4.74 Å². The molecule has 124 valence electrons. The zero-order chi connectivity index (χ0) is 16.8. The van der Waals surface area contributed by atoms with Crippen LogP contribution >= 0.6 is 11.3 Å². The molecule has 0 amide bonds.